The number of nitrogens with zero attached hydrogens (tertiary/aromatic N) is 3. The highest BCUT2D eigenvalue weighted by Gasteiger charge is 2.16. The number of aromatic nitrogens is 3. The summed E-state index contributed by atoms with van der Waals surface area (Å²) in [4.78, 5) is 34.7. The number of esters is 1. The van der Waals surface area contributed by atoms with Crippen molar-refractivity contribution < 1.29 is 9.53 Å². The lowest BCUT2D eigenvalue weighted by molar-refractivity contribution is 0.0470. The Balaban J connectivity index is 1.48. The lowest BCUT2D eigenvalue weighted by Crippen LogP contribution is -2.17. The van der Waals surface area contributed by atoms with E-state index < -0.39 is 5.97 Å². The number of carbonyl (C=O) groups is 1. The first-order valence-corrected chi connectivity index (χ1v) is 10.6. The van der Waals surface area contributed by atoms with E-state index in [1.54, 1.807) is 18.3 Å². The largest absolute Gasteiger partial charge is 0.456 e. The van der Waals surface area contributed by atoms with Gasteiger partial charge in [0.25, 0.3) is 5.56 Å². The third-order valence-electron chi connectivity index (χ3n) is 5.50. The molecule has 0 saturated carbocycles. The van der Waals surface area contributed by atoms with Crippen LogP contribution in [0.1, 0.15) is 27.2 Å². The van der Waals surface area contributed by atoms with E-state index in [0.29, 0.717) is 33.5 Å². The van der Waals surface area contributed by atoms with Gasteiger partial charge >= 0.3 is 5.97 Å². The molecule has 2 aromatic carbocycles. The number of para-hydroxylation sites is 1. The quantitative estimate of drug-likeness (QED) is 0.376. The van der Waals surface area contributed by atoms with Crippen LogP contribution < -0.4 is 5.56 Å². The van der Waals surface area contributed by atoms with Gasteiger partial charge in [0.2, 0.25) is 0 Å². The Morgan fingerprint density at radius 3 is 2.48 bits per heavy atom. The zero-order chi connectivity index (χ0) is 22.9. The lowest BCUT2D eigenvalue weighted by Gasteiger charge is -2.11. The van der Waals surface area contributed by atoms with Gasteiger partial charge in [-0.15, -0.1) is 0 Å². The van der Waals surface area contributed by atoms with Crippen molar-refractivity contribution in [3.05, 3.63) is 112 Å². The van der Waals surface area contributed by atoms with E-state index in [2.05, 4.69) is 4.98 Å². The summed E-state index contributed by atoms with van der Waals surface area (Å²) in [5.41, 5.74) is 5.53. The van der Waals surface area contributed by atoms with E-state index in [9.17, 15) is 9.59 Å². The van der Waals surface area contributed by atoms with Crippen molar-refractivity contribution in [1.82, 2.24) is 14.4 Å². The molecule has 0 bridgehead atoms. The van der Waals surface area contributed by atoms with Gasteiger partial charge in [-0.2, -0.15) is 0 Å². The summed E-state index contributed by atoms with van der Waals surface area (Å²) in [7, 11) is 0. The first kappa shape index (κ1) is 20.6. The molecular weight excluding hydrogens is 414 g/mol. The summed E-state index contributed by atoms with van der Waals surface area (Å²) < 4.78 is 7.06. The zero-order valence-electron chi connectivity index (χ0n) is 18.3. The number of benzene rings is 2. The molecule has 0 unspecified atom stereocenters. The number of pyridine rings is 2. The van der Waals surface area contributed by atoms with Crippen molar-refractivity contribution >= 4 is 22.5 Å². The molecule has 0 amide bonds. The first-order chi connectivity index (χ1) is 16.0. The van der Waals surface area contributed by atoms with Gasteiger partial charge in [-0.1, -0.05) is 54.1 Å². The predicted molar refractivity (Wildman–Crippen MR) is 127 cm³/mol. The molecule has 162 valence electrons. The van der Waals surface area contributed by atoms with Crippen molar-refractivity contribution in [3.8, 4) is 11.3 Å². The molecule has 0 N–H and O–H groups in total. The summed E-state index contributed by atoms with van der Waals surface area (Å²) in [6.07, 6.45) is 1.73. The van der Waals surface area contributed by atoms with Crippen molar-refractivity contribution in [2.24, 2.45) is 0 Å². The number of aryl methyl sites for hydroxylation is 2. The molecular formula is C27H21N3O3. The summed E-state index contributed by atoms with van der Waals surface area (Å²) in [5, 5.41) is 0.709. The molecule has 6 heteroatoms. The van der Waals surface area contributed by atoms with E-state index in [1.807, 2.05) is 68.4 Å². The van der Waals surface area contributed by atoms with Crippen LogP contribution >= 0.6 is 0 Å². The summed E-state index contributed by atoms with van der Waals surface area (Å²) in [5.74, 6) is -0.493. The van der Waals surface area contributed by atoms with Gasteiger partial charge in [-0.05, 0) is 37.6 Å². The zero-order valence-corrected chi connectivity index (χ0v) is 18.3. The van der Waals surface area contributed by atoms with Crippen LogP contribution in [-0.4, -0.2) is 20.3 Å². The molecule has 6 nitrogen and oxygen atoms in total. The smallest absolute Gasteiger partial charge is 0.339 e. The van der Waals surface area contributed by atoms with Gasteiger partial charge in [-0.25, -0.2) is 14.8 Å². The van der Waals surface area contributed by atoms with E-state index in [-0.39, 0.29) is 12.2 Å². The van der Waals surface area contributed by atoms with E-state index in [1.165, 1.54) is 10.5 Å². The standard InChI is InChI=1S/C27H21N3O3/c1-17-7-10-19(11-8-17)24-14-22(21-5-3-4-6-23(21)29-24)27(32)33-16-20-13-26(31)30-15-18(2)9-12-25(30)28-20/h3-15H,16H2,1-2H3. The Labute approximate surface area is 190 Å². The molecule has 0 aliphatic rings. The maximum atomic E-state index is 13.1. The van der Waals surface area contributed by atoms with Crippen LogP contribution in [-0.2, 0) is 11.3 Å². The highest BCUT2D eigenvalue weighted by atomic mass is 16.5. The number of carbonyl (C=O) groups excluding carboxylic acids is 1. The Bertz CT molecular complexity index is 1570. The topological polar surface area (TPSA) is 73.6 Å². The Morgan fingerprint density at radius 1 is 0.909 bits per heavy atom. The fourth-order valence-corrected chi connectivity index (χ4v) is 3.77. The van der Waals surface area contributed by atoms with Crippen molar-refractivity contribution in [2.75, 3.05) is 0 Å². The number of ether oxygens (including phenoxy) is 1. The van der Waals surface area contributed by atoms with Gasteiger partial charge in [0, 0.05) is 23.2 Å². The van der Waals surface area contributed by atoms with Gasteiger partial charge in [0.05, 0.1) is 22.5 Å². The molecule has 0 saturated heterocycles. The summed E-state index contributed by atoms with van der Waals surface area (Å²) in [6.45, 7) is 3.83. The van der Waals surface area contributed by atoms with Crippen LogP contribution in [0.4, 0.5) is 0 Å². The Morgan fingerprint density at radius 2 is 1.67 bits per heavy atom. The summed E-state index contributed by atoms with van der Waals surface area (Å²) >= 11 is 0. The molecule has 0 atom stereocenters. The second-order valence-corrected chi connectivity index (χ2v) is 8.03. The van der Waals surface area contributed by atoms with Crippen molar-refractivity contribution in [3.63, 3.8) is 0 Å². The molecule has 3 aromatic heterocycles. The van der Waals surface area contributed by atoms with Crippen molar-refractivity contribution in [2.45, 2.75) is 20.5 Å². The number of rotatable bonds is 4. The predicted octanol–water partition coefficient (Wildman–Crippen LogP) is 4.88. The molecule has 0 radical (unpaired) electrons. The molecule has 33 heavy (non-hydrogen) atoms. The fourth-order valence-electron chi connectivity index (χ4n) is 3.77. The maximum Gasteiger partial charge on any atom is 0.339 e. The molecule has 0 aliphatic heterocycles. The van der Waals surface area contributed by atoms with Gasteiger partial charge in [-0.3, -0.25) is 9.20 Å². The van der Waals surface area contributed by atoms with Gasteiger partial charge < -0.3 is 4.74 Å². The van der Waals surface area contributed by atoms with Crippen LogP contribution in [0.25, 0.3) is 27.8 Å². The molecule has 5 rings (SSSR count). The first-order valence-electron chi connectivity index (χ1n) is 10.6. The molecule has 0 aliphatic carbocycles. The van der Waals surface area contributed by atoms with Crippen LogP contribution in [0.5, 0.6) is 0 Å². The van der Waals surface area contributed by atoms with Crippen LogP contribution in [0.15, 0.2) is 83.8 Å². The average Bonchev–Trinajstić information content (AvgIpc) is 2.83. The average molecular weight is 435 g/mol. The fraction of sp³-hybridized carbons (Fsp3) is 0.111. The maximum absolute atomic E-state index is 13.1. The second kappa shape index (κ2) is 8.31. The van der Waals surface area contributed by atoms with E-state index in [4.69, 9.17) is 9.72 Å². The minimum absolute atomic E-state index is 0.102. The number of hydrogen-bond donors (Lipinski definition) is 0. The van der Waals surface area contributed by atoms with Gasteiger partial charge in [0.1, 0.15) is 12.3 Å². The normalized spacial score (nSPS) is 11.1. The number of fused-ring (bicyclic) bond motifs is 2. The minimum atomic E-state index is -0.493. The van der Waals surface area contributed by atoms with E-state index in [0.717, 1.165) is 16.7 Å². The lowest BCUT2D eigenvalue weighted by atomic mass is 10.0. The Hall–Kier alpha value is -4.32. The van der Waals surface area contributed by atoms with Crippen molar-refractivity contribution in [1.29, 1.82) is 0 Å². The van der Waals surface area contributed by atoms with Crippen LogP contribution in [0.2, 0.25) is 0 Å². The van der Waals surface area contributed by atoms with Crippen LogP contribution in [0, 0.1) is 13.8 Å². The number of hydrogen-bond acceptors (Lipinski definition) is 5. The van der Waals surface area contributed by atoms with Crippen LogP contribution in [0.3, 0.4) is 0 Å². The monoisotopic (exact) mass is 435 g/mol. The highest BCUT2D eigenvalue weighted by Crippen LogP contribution is 2.26. The third kappa shape index (κ3) is 4.11. The Kier molecular flexibility index (Phi) is 5.18. The molecule has 0 spiro atoms. The second-order valence-electron chi connectivity index (χ2n) is 8.03. The molecule has 0 fully saturated rings. The SMILES string of the molecule is Cc1ccc(-c2cc(C(=O)OCc3cc(=O)n4cc(C)ccc4n3)c3ccccc3n2)cc1. The summed E-state index contributed by atoms with van der Waals surface area (Å²) in [6, 6.07) is 22.2. The molecule has 3 heterocycles. The van der Waals surface area contributed by atoms with E-state index >= 15 is 0 Å². The molecule has 5 aromatic rings. The third-order valence-corrected chi connectivity index (χ3v) is 5.50. The highest BCUT2D eigenvalue weighted by molar-refractivity contribution is 6.04. The minimum Gasteiger partial charge on any atom is -0.456 e. The van der Waals surface area contributed by atoms with Gasteiger partial charge in [0.15, 0.2) is 0 Å².